The molecule has 0 saturated heterocycles. The van der Waals surface area contributed by atoms with Gasteiger partial charge in [0.25, 0.3) is 0 Å². The van der Waals surface area contributed by atoms with Crippen LogP contribution in [0.25, 0.3) is 43.6 Å². The van der Waals surface area contributed by atoms with Crippen molar-refractivity contribution >= 4 is 43.6 Å². The lowest BCUT2D eigenvalue weighted by atomic mass is 10.0. The number of ether oxygens (including phenoxy) is 1. The summed E-state index contributed by atoms with van der Waals surface area (Å²) in [5, 5.41) is 3.17. The van der Waals surface area contributed by atoms with Gasteiger partial charge in [-0.15, -0.1) is 0 Å². The van der Waals surface area contributed by atoms with Crippen LogP contribution in [-0.4, -0.2) is 42.1 Å². The summed E-state index contributed by atoms with van der Waals surface area (Å²) in [6.07, 6.45) is 0. The minimum atomic E-state index is -0.305. The van der Waals surface area contributed by atoms with Crippen molar-refractivity contribution in [1.29, 1.82) is 0 Å². The molecule has 2 aromatic heterocycles. The van der Waals surface area contributed by atoms with Gasteiger partial charge in [0.1, 0.15) is 24.0 Å². The average Bonchev–Trinajstić information content (AvgIpc) is 3.23. The van der Waals surface area contributed by atoms with Gasteiger partial charge in [0.15, 0.2) is 0 Å². The third-order valence-electron chi connectivity index (χ3n) is 5.51. The molecule has 6 heteroatoms. The van der Waals surface area contributed by atoms with E-state index in [0.717, 1.165) is 55.7 Å². The first-order chi connectivity index (χ1) is 13.9. The summed E-state index contributed by atoms with van der Waals surface area (Å²) in [6.45, 7) is 3.19. The molecule has 0 aliphatic carbocycles. The molecule has 0 atom stereocenters. The maximum absolute atomic E-state index is 14.1. The number of hydrogen-bond donors (Lipinski definition) is 2. The molecule has 0 aliphatic heterocycles. The van der Waals surface area contributed by atoms with Gasteiger partial charge in [-0.25, -0.2) is 8.78 Å². The van der Waals surface area contributed by atoms with Crippen molar-refractivity contribution in [1.82, 2.24) is 14.9 Å². The Morgan fingerprint density at radius 2 is 1.38 bits per heavy atom. The molecule has 0 aliphatic rings. The van der Waals surface area contributed by atoms with Gasteiger partial charge in [-0.1, -0.05) is 0 Å². The van der Waals surface area contributed by atoms with Crippen molar-refractivity contribution < 1.29 is 13.5 Å². The van der Waals surface area contributed by atoms with E-state index < -0.39 is 0 Å². The first-order valence-electron chi connectivity index (χ1n) is 9.56. The topological polar surface area (TPSA) is 44.0 Å². The van der Waals surface area contributed by atoms with Crippen LogP contribution in [0.4, 0.5) is 8.78 Å². The molecule has 5 aromatic rings. The molecule has 0 spiro atoms. The fourth-order valence-electron chi connectivity index (χ4n) is 4.09. The first-order valence-corrected chi connectivity index (χ1v) is 9.56. The molecule has 2 N–H and O–H groups in total. The van der Waals surface area contributed by atoms with E-state index in [4.69, 9.17) is 4.74 Å². The molecular formula is C23H21F2N3O. The number of nitrogens with zero attached hydrogens (tertiary/aromatic N) is 1. The third kappa shape index (κ3) is 2.75. The SMILES string of the molecule is Cc1c2[nH]c3ccc(F)cc3c2c(OCCN(C)C)c2c1[nH]c1ccc(F)cc12. The Hall–Kier alpha value is -3.12. The number of aryl methyl sites for hydroxylation is 1. The third-order valence-corrected chi connectivity index (χ3v) is 5.51. The summed E-state index contributed by atoms with van der Waals surface area (Å²) < 4.78 is 34.4. The van der Waals surface area contributed by atoms with Gasteiger partial charge in [-0.05, 0) is 63.0 Å². The number of halogens is 2. The van der Waals surface area contributed by atoms with Crippen LogP contribution in [0.3, 0.4) is 0 Å². The van der Waals surface area contributed by atoms with E-state index in [2.05, 4.69) is 9.97 Å². The largest absolute Gasteiger partial charge is 0.491 e. The molecule has 5 rings (SSSR count). The molecule has 0 saturated carbocycles. The van der Waals surface area contributed by atoms with Gasteiger partial charge in [-0.3, -0.25) is 0 Å². The minimum absolute atomic E-state index is 0.305. The molecule has 29 heavy (non-hydrogen) atoms. The van der Waals surface area contributed by atoms with Gasteiger partial charge >= 0.3 is 0 Å². The Morgan fingerprint density at radius 3 is 1.86 bits per heavy atom. The van der Waals surface area contributed by atoms with E-state index in [9.17, 15) is 8.78 Å². The lowest BCUT2D eigenvalue weighted by Crippen LogP contribution is -2.19. The summed E-state index contributed by atoms with van der Waals surface area (Å²) in [5.74, 6) is 0.0388. The van der Waals surface area contributed by atoms with E-state index in [-0.39, 0.29) is 11.6 Å². The average molecular weight is 393 g/mol. The highest BCUT2D eigenvalue weighted by molar-refractivity contribution is 6.23. The number of aromatic amines is 2. The second kappa shape index (κ2) is 6.46. The van der Waals surface area contributed by atoms with Gasteiger partial charge in [0.2, 0.25) is 0 Å². The zero-order valence-electron chi connectivity index (χ0n) is 16.5. The van der Waals surface area contributed by atoms with Crippen LogP contribution in [0, 0.1) is 18.6 Å². The molecule has 3 aromatic carbocycles. The fraction of sp³-hybridized carbons (Fsp3) is 0.217. The van der Waals surface area contributed by atoms with Gasteiger partial charge < -0.3 is 19.6 Å². The Morgan fingerprint density at radius 1 is 0.862 bits per heavy atom. The summed E-state index contributed by atoms with van der Waals surface area (Å²) in [6, 6.07) is 9.40. The maximum Gasteiger partial charge on any atom is 0.139 e. The second-order valence-electron chi connectivity index (χ2n) is 7.74. The number of fused-ring (bicyclic) bond motifs is 6. The normalized spacial score (nSPS) is 12.2. The molecule has 148 valence electrons. The summed E-state index contributed by atoms with van der Waals surface area (Å²) >= 11 is 0. The Labute approximate surface area is 166 Å². The monoisotopic (exact) mass is 393 g/mol. The van der Waals surface area contributed by atoms with Crippen molar-refractivity contribution in [3.8, 4) is 5.75 Å². The highest BCUT2D eigenvalue weighted by Crippen LogP contribution is 2.44. The quantitative estimate of drug-likeness (QED) is 0.424. The number of benzene rings is 3. The summed E-state index contributed by atoms with van der Waals surface area (Å²) in [5.41, 5.74) is 4.45. The molecule has 0 bridgehead atoms. The van der Waals surface area contributed by atoms with Crippen LogP contribution in [0.15, 0.2) is 36.4 Å². The van der Waals surface area contributed by atoms with Crippen molar-refractivity contribution in [2.75, 3.05) is 27.2 Å². The van der Waals surface area contributed by atoms with Crippen LogP contribution in [0.2, 0.25) is 0 Å². The van der Waals surface area contributed by atoms with Gasteiger partial charge in [0.05, 0.1) is 21.8 Å². The smallest absolute Gasteiger partial charge is 0.139 e. The summed E-state index contributed by atoms with van der Waals surface area (Å²) in [7, 11) is 3.96. The van der Waals surface area contributed by atoms with Crippen molar-refractivity contribution in [3.05, 3.63) is 53.6 Å². The van der Waals surface area contributed by atoms with Crippen LogP contribution < -0.4 is 4.74 Å². The number of nitrogens with one attached hydrogen (secondary N) is 2. The lowest BCUT2D eigenvalue weighted by molar-refractivity contribution is 0.266. The van der Waals surface area contributed by atoms with Crippen molar-refractivity contribution in [2.45, 2.75) is 6.92 Å². The number of rotatable bonds is 4. The van der Waals surface area contributed by atoms with Crippen molar-refractivity contribution in [2.24, 2.45) is 0 Å². The highest BCUT2D eigenvalue weighted by Gasteiger charge is 2.21. The molecule has 0 radical (unpaired) electrons. The van der Waals surface area contributed by atoms with E-state index >= 15 is 0 Å². The van der Waals surface area contributed by atoms with Crippen LogP contribution in [0.1, 0.15) is 5.56 Å². The maximum atomic E-state index is 14.1. The van der Waals surface area contributed by atoms with Crippen LogP contribution in [0.5, 0.6) is 5.75 Å². The minimum Gasteiger partial charge on any atom is -0.491 e. The number of hydrogen-bond acceptors (Lipinski definition) is 2. The standard InChI is InChI=1S/C23H21F2N3O/c1-12-21-19(15-10-13(24)4-6-17(15)26-21)23(29-9-8-28(2)3)20-16-11-14(25)5-7-18(16)27-22(12)20/h4-7,10-11,26-27H,8-9H2,1-3H3. The zero-order valence-corrected chi connectivity index (χ0v) is 16.5. The molecule has 4 nitrogen and oxygen atoms in total. The molecule has 2 heterocycles. The second-order valence-corrected chi connectivity index (χ2v) is 7.74. The Bertz CT molecular complexity index is 1300. The molecule has 0 unspecified atom stereocenters. The summed E-state index contributed by atoms with van der Waals surface area (Å²) in [4.78, 5) is 8.85. The van der Waals surface area contributed by atoms with E-state index in [0.29, 0.717) is 12.4 Å². The Kier molecular flexibility index (Phi) is 3.99. The number of H-pyrrole nitrogens is 2. The lowest BCUT2D eigenvalue weighted by Gasteiger charge is -2.14. The molecule has 0 fully saturated rings. The van der Waals surface area contributed by atoms with E-state index in [1.165, 1.54) is 24.3 Å². The molecule has 0 amide bonds. The van der Waals surface area contributed by atoms with Crippen LogP contribution >= 0.6 is 0 Å². The van der Waals surface area contributed by atoms with Gasteiger partial charge in [0, 0.05) is 28.4 Å². The Balaban J connectivity index is 1.94. The predicted molar refractivity (Wildman–Crippen MR) is 114 cm³/mol. The molecular weight excluding hydrogens is 372 g/mol. The van der Waals surface area contributed by atoms with Crippen LogP contribution in [-0.2, 0) is 0 Å². The predicted octanol–water partition coefficient (Wildman–Crippen LogP) is 5.48. The number of aromatic nitrogens is 2. The van der Waals surface area contributed by atoms with E-state index in [1.54, 1.807) is 12.1 Å². The fourth-order valence-corrected chi connectivity index (χ4v) is 4.09. The van der Waals surface area contributed by atoms with E-state index in [1.807, 2.05) is 25.9 Å². The highest BCUT2D eigenvalue weighted by atomic mass is 19.1. The first kappa shape index (κ1) is 17.9. The number of likely N-dealkylation sites (N-methyl/N-ethyl adjacent to an activating group) is 1. The zero-order chi connectivity index (χ0) is 20.3. The van der Waals surface area contributed by atoms with Crippen molar-refractivity contribution in [3.63, 3.8) is 0 Å². The van der Waals surface area contributed by atoms with Gasteiger partial charge in [-0.2, -0.15) is 0 Å².